The van der Waals surface area contributed by atoms with Gasteiger partial charge >= 0.3 is 11.7 Å². The van der Waals surface area contributed by atoms with Crippen molar-refractivity contribution in [1.82, 2.24) is 4.90 Å². The van der Waals surface area contributed by atoms with E-state index in [4.69, 9.17) is 9.15 Å². The number of carbonyl (C=O) groups is 1. The number of aryl methyl sites for hydroxylation is 1. The number of benzene rings is 1. The molecule has 0 atom stereocenters. The van der Waals surface area contributed by atoms with Crippen LogP contribution in [0, 0.1) is 6.92 Å². The van der Waals surface area contributed by atoms with Crippen LogP contribution in [0.3, 0.4) is 0 Å². The monoisotopic (exact) mass is 300 g/mol. The van der Waals surface area contributed by atoms with Gasteiger partial charge in [0.05, 0.1) is 19.2 Å². The van der Waals surface area contributed by atoms with Gasteiger partial charge in [0.1, 0.15) is 17.6 Å². The molecule has 0 spiro atoms. The number of nitrogens with one attached hydrogen (secondary N) is 1. The van der Waals surface area contributed by atoms with Gasteiger partial charge < -0.3 is 19.4 Å². The molecular formula is C16H16N2O4. The fourth-order valence-corrected chi connectivity index (χ4v) is 2.24. The molecule has 22 heavy (non-hydrogen) atoms. The van der Waals surface area contributed by atoms with Gasteiger partial charge in [-0.3, -0.25) is 0 Å². The van der Waals surface area contributed by atoms with Crippen LogP contribution < -0.4 is 15.7 Å². The van der Waals surface area contributed by atoms with Crippen molar-refractivity contribution in [3.63, 3.8) is 0 Å². The largest absolute Gasteiger partial charge is 0.486 e. The summed E-state index contributed by atoms with van der Waals surface area (Å²) in [5.41, 5.74) is 0.321. The maximum absolute atomic E-state index is 12.0. The summed E-state index contributed by atoms with van der Waals surface area (Å²) in [5.74, 6) is 0.974. The van der Waals surface area contributed by atoms with E-state index in [0.29, 0.717) is 24.6 Å². The van der Waals surface area contributed by atoms with Crippen molar-refractivity contribution in [3.05, 3.63) is 58.6 Å². The lowest BCUT2D eigenvalue weighted by Crippen LogP contribution is -2.57. The van der Waals surface area contributed by atoms with Crippen LogP contribution in [0.2, 0.25) is 0 Å². The zero-order valence-corrected chi connectivity index (χ0v) is 12.1. The van der Waals surface area contributed by atoms with E-state index >= 15 is 0 Å². The molecule has 6 nitrogen and oxygen atoms in total. The lowest BCUT2D eigenvalue weighted by atomic mass is 10.2. The van der Waals surface area contributed by atoms with E-state index in [1.54, 1.807) is 17.9 Å². The molecule has 2 amide bonds. The van der Waals surface area contributed by atoms with Gasteiger partial charge in [0, 0.05) is 11.8 Å². The SMILES string of the molecule is Cc1cc(OC2CN(C(=O)Nc3ccccc3)C2)cc(=O)o1. The third kappa shape index (κ3) is 3.28. The van der Waals surface area contributed by atoms with E-state index in [-0.39, 0.29) is 12.1 Å². The molecule has 0 saturated carbocycles. The average Bonchev–Trinajstić information content (AvgIpc) is 2.42. The van der Waals surface area contributed by atoms with Gasteiger partial charge in [0.15, 0.2) is 0 Å². The summed E-state index contributed by atoms with van der Waals surface area (Å²) < 4.78 is 10.5. The topological polar surface area (TPSA) is 71.8 Å². The first-order valence-corrected chi connectivity index (χ1v) is 6.99. The highest BCUT2D eigenvalue weighted by atomic mass is 16.5. The van der Waals surface area contributed by atoms with Crippen LogP contribution in [0.5, 0.6) is 5.75 Å². The number of ether oxygens (including phenoxy) is 1. The van der Waals surface area contributed by atoms with Gasteiger partial charge in [-0.25, -0.2) is 9.59 Å². The molecule has 1 aromatic heterocycles. The van der Waals surface area contributed by atoms with Crippen molar-refractivity contribution < 1.29 is 13.9 Å². The molecule has 0 radical (unpaired) electrons. The van der Waals surface area contributed by atoms with Gasteiger partial charge in [-0.05, 0) is 19.1 Å². The van der Waals surface area contributed by atoms with Crippen LogP contribution >= 0.6 is 0 Å². The third-order valence-electron chi connectivity index (χ3n) is 3.33. The summed E-state index contributed by atoms with van der Waals surface area (Å²) in [5, 5.41) is 2.81. The number of nitrogens with zero attached hydrogens (tertiary/aromatic N) is 1. The predicted octanol–water partition coefficient (Wildman–Crippen LogP) is 2.24. The minimum atomic E-state index is -0.437. The summed E-state index contributed by atoms with van der Waals surface area (Å²) in [6.07, 6.45) is -0.109. The lowest BCUT2D eigenvalue weighted by Gasteiger charge is -2.38. The van der Waals surface area contributed by atoms with Crippen molar-refractivity contribution in [1.29, 1.82) is 0 Å². The maximum atomic E-state index is 12.0. The molecule has 0 bridgehead atoms. The third-order valence-corrected chi connectivity index (χ3v) is 3.33. The van der Waals surface area contributed by atoms with Crippen LogP contribution in [0.25, 0.3) is 0 Å². The van der Waals surface area contributed by atoms with Crippen molar-refractivity contribution in [2.24, 2.45) is 0 Å². The van der Waals surface area contributed by atoms with Crippen molar-refractivity contribution in [3.8, 4) is 5.75 Å². The molecule has 2 heterocycles. The van der Waals surface area contributed by atoms with Crippen LogP contribution in [0.1, 0.15) is 5.76 Å². The Hall–Kier alpha value is -2.76. The number of hydrogen-bond acceptors (Lipinski definition) is 4. The highest BCUT2D eigenvalue weighted by Gasteiger charge is 2.32. The Kier molecular flexibility index (Phi) is 3.82. The van der Waals surface area contributed by atoms with Crippen LogP contribution in [0.4, 0.5) is 10.5 Å². The lowest BCUT2D eigenvalue weighted by molar-refractivity contribution is 0.0487. The Balaban J connectivity index is 1.51. The summed E-state index contributed by atoms with van der Waals surface area (Å²) in [7, 11) is 0. The van der Waals surface area contributed by atoms with Crippen LogP contribution in [0.15, 0.2) is 51.7 Å². The first-order chi connectivity index (χ1) is 10.6. The molecule has 1 aromatic carbocycles. The Labute approximate surface area is 127 Å². The molecule has 114 valence electrons. The molecular weight excluding hydrogens is 284 g/mol. The number of anilines is 1. The summed E-state index contributed by atoms with van der Waals surface area (Å²) in [4.78, 5) is 24.9. The fraction of sp³-hybridized carbons (Fsp3) is 0.250. The molecule has 6 heteroatoms. The first kappa shape index (κ1) is 14.2. The molecule has 0 aliphatic carbocycles. The van der Waals surface area contributed by atoms with Gasteiger partial charge in [0.2, 0.25) is 0 Å². The number of likely N-dealkylation sites (tertiary alicyclic amines) is 1. The first-order valence-electron chi connectivity index (χ1n) is 6.99. The van der Waals surface area contributed by atoms with E-state index < -0.39 is 5.63 Å². The quantitative estimate of drug-likeness (QED) is 0.943. The standard InChI is InChI=1S/C16H16N2O4/c1-11-7-13(8-15(19)21-11)22-14-9-18(10-14)16(20)17-12-5-3-2-4-6-12/h2-8,14H,9-10H2,1H3,(H,17,20). The van der Waals surface area contributed by atoms with Crippen molar-refractivity contribution in [2.45, 2.75) is 13.0 Å². The smallest absolute Gasteiger partial charge is 0.339 e. The molecule has 2 aromatic rings. The number of carbonyl (C=O) groups excluding carboxylic acids is 1. The summed E-state index contributed by atoms with van der Waals surface area (Å²) in [6.45, 7) is 2.66. The van der Waals surface area contributed by atoms with E-state index in [9.17, 15) is 9.59 Å². The van der Waals surface area contributed by atoms with E-state index in [2.05, 4.69) is 5.32 Å². The Bertz CT molecular complexity index is 720. The van der Waals surface area contributed by atoms with Crippen LogP contribution in [-0.4, -0.2) is 30.1 Å². The maximum Gasteiger partial charge on any atom is 0.339 e. The number of para-hydroxylation sites is 1. The molecule has 0 unspecified atom stereocenters. The zero-order valence-electron chi connectivity index (χ0n) is 12.1. The number of urea groups is 1. The minimum absolute atomic E-state index is 0.109. The van der Waals surface area contributed by atoms with Gasteiger partial charge in [-0.2, -0.15) is 0 Å². The van der Waals surface area contributed by atoms with Gasteiger partial charge in [-0.15, -0.1) is 0 Å². The molecule has 1 fully saturated rings. The fourth-order valence-electron chi connectivity index (χ4n) is 2.24. The van der Waals surface area contributed by atoms with Gasteiger partial charge in [0.25, 0.3) is 0 Å². The summed E-state index contributed by atoms with van der Waals surface area (Å²) >= 11 is 0. The minimum Gasteiger partial charge on any atom is -0.486 e. The zero-order chi connectivity index (χ0) is 15.5. The Morgan fingerprint density at radius 1 is 1.27 bits per heavy atom. The number of rotatable bonds is 3. The second kappa shape index (κ2) is 5.93. The molecule has 1 aliphatic rings. The van der Waals surface area contributed by atoms with Gasteiger partial charge in [-0.1, -0.05) is 18.2 Å². The van der Waals surface area contributed by atoms with Crippen molar-refractivity contribution >= 4 is 11.7 Å². The summed E-state index contributed by atoms with van der Waals surface area (Å²) in [6, 6.07) is 12.1. The molecule has 3 rings (SSSR count). The highest BCUT2D eigenvalue weighted by molar-refractivity contribution is 5.89. The molecule has 1 aliphatic heterocycles. The number of hydrogen-bond donors (Lipinski definition) is 1. The van der Waals surface area contributed by atoms with Crippen molar-refractivity contribution in [2.75, 3.05) is 18.4 Å². The Morgan fingerprint density at radius 3 is 2.68 bits per heavy atom. The Morgan fingerprint density at radius 2 is 2.00 bits per heavy atom. The molecule has 1 saturated heterocycles. The van der Waals surface area contributed by atoms with E-state index in [1.165, 1.54) is 6.07 Å². The number of amides is 2. The predicted molar refractivity (Wildman–Crippen MR) is 81.2 cm³/mol. The normalized spacial score (nSPS) is 14.3. The van der Waals surface area contributed by atoms with E-state index in [1.807, 2.05) is 30.3 Å². The average molecular weight is 300 g/mol. The molecule has 1 N–H and O–H groups in total. The second-order valence-corrected chi connectivity index (χ2v) is 5.16. The van der Waals surface area contributed by atoms with E-state index in [0.717, 1.165) is 5.69 Å². The highest BCUT2D eigenvalue weighted by Crippen LogP contribution is 2.18. The second-order valence-electron chi connectivity index (χ2n) is 5.16. The van der Waals surface area contributed by atoms with Crippen LogP contribution in [-0.2, 0) is 0 Å².